The zero-order valence-corrected chi connectivity index (χ0v) is 17.5. The van der Waals surface area contributed by atoms with Gasteiger partial charge in [0.25, 0.3) is 0 Å². The lowest BCUT2D eigenvalue weighted by Crippen LogP contribution is -2.21. The first kappa shape index (κ1) is 22.1. The molecule has 1 amide bonds. The Hall–Kier alpha value is -3.21. The number of benzene rings is 2. The predicted octanol–water partition coefficient (Wildman–Crippen LogP) is 4.81. The third-order valence-corrected chi connectivity index (χ3v) is 4.41. The van der Waals surface area contributed by atoms with E-state index in [-0.39, 0.29) is 5.91 Å². The molecule has 5 nitrogen and oxygen atoms in total. The molecule has 0 spiro atoms. The highest BCUT2D eigenvalue weighted by atomic mass is 16.5. The standard InChI is InChI=1S/C24H29NO4/c1-5-6-15-25-24(26)14-13-22-19(16-21(28-3)17-23(22)29-4)10-7-18-8-11-20(27-2)12-9-18/h7-14,16-17H,5-6,15H2,1-4H3,(H,25,26)/b10-7+,14-13+. The zero-order chi connectivity index (χ0) is 21.1. The van der Waals surface area contributed by atoms with Crippen LogP contribution in [0.4, 0.5) is 0 Å². The van der Waals surface area contributed by atoms with Gasteiger partial charge < -0.3 is 19.5 Å². The van der Waals surface area contributed by atoms with Gasteiger partial charge in [-0.3, -0.25) is 4.79 Å². The van der Waals surface area contributed by atoms with Gasteiger partial charge in [0.1, 0.15) is 17.2 Å². The van der Waals surface area contributed by atoms with Crippen molar-refractivity contribution in [2.45, 2.75) is 19.8 Å². The van der Waals surface area contributed by atoms with E-state index >= 15 is 0 Å². The molecule has 0 aliphatic heterocycles. The smallest absolute Gasteiger partial charge is 0.244 e. The second-order valence-corrected chi connectivity index (χ2v) is 6.42. The minimum atomic E-state index is -0.124. The SMILES string of the molecule is CCCCNC(=O)/C=C/c1c(/C=C/c2ccc(OC)cc2)cc(OC)cc1OC. The van der Waals surface area contributed by atoms with Crippen LogP contribution < -0.4 is 19.5 Å². The van der Waals surface area contributed by atoms with Crippen LogP contribution in [0.5, 0.6) is 17.2 Å². The Kier molecular flexibility index (Phi) is 8.83. The van der Waals surface area contributed by atoms with Crippen LogP contribution in [-0.2, 0) is 4.79 Å². The van der Waals surface area contributed by atoms with Crippen molar-refractivity contribution in [1.82, 2.24) is 5.32 Å². The molecule has 0 bridgehead atoms. The first-order valence-electron chi connectivity index (χ1n) is 9.65. The van der Waals surface area contributed by atoms with Crippen LogP contribution >= 0.6 is 0 Å². The van der Waals surface area contributed by atoms with Gasteiger partial charge in [-0.2, -0.15) is 0 Å². The maximum atomic E-state index is 12.1. The Balaban J connectivity index is 2.32. The molecule has 0 saturated heterocycles. The van der Waals surface area contributed by atoms with E-state index in [1.54, 1.807) is 33.5 Å². The Morgan fingerprint density at radius 1 is 0.931 bits per heavy atom. The highest BCUT2D eigenvalue weighted by Crippen LogP contribution is 2.31. The lowest BCUT2D eigenvalue weighted by molar-refractivity contribution is -0.116. The monoisotopic (exact) mass is 395 g/mol. The van der Waals surface area contributed by atoms with Crippen LogP contribution in [0.25, 0.3) is 18.2 Å². The maximum Gasteiger partial charge on any atom is 0.244 e. The number of carbonyl (C=O) groups excluding carboxylic acids is 1. The molecule has 0 radical (unpaired) electrons. The van der Waals surface area contributed by atoms with Crippen molar-refractivity contribution in [3.05, 3.63) is 59.2 Å². The second-order valence-electron chi connectivity index (χ2n) is 6.42. The molecule has 0 heterocycles. The fraction of sp³-hybridized carbons (Fsp3) is 0.292. The third kappa shape index (κ3) is 6.71. The van der Waals surface area contributed by atoms with Gasteiger partial charge in [-0.15, -0.1) is 0 Å². The van der Waals surface area contributed by atoms with Gasteiger partial charge in [-0.05, 0) is 41.8 Å². The molecule has 0 fully saturated rings. The number of rotatable bonds is 10. The number of ether oxygens (including phenoxy) is 3. The molecule has 0 atom stereocenters. The molecular weight excluding hydrogens is 366 g/mol. The third-order valence-electron chi connectivity index (χ3n) is 4.41. The zero-order valence-electron chi connectivity index (χ0n) is 17.5. The maximum absolute atomic E-state index is 12.1. The van der Waals surface area contributed by atoms with E-state index in [2.05, 4.69) is 12.2 Å². The molecule has 2 aromatic carbocycles. The van der Waals surface area contributed by atoms with Crippen molar-refractivity contribution in [2.24, 2.45) is 0 Å². The number of amides is 1. The van der Waals surface area contributed by atoms with Crippen molar-refractivity contribution in [3.63, 3.8) is 0 Å². The van der Waals surface area contributed by atoms with E-state index in [1.165, 1.54) is 6.08 Å². The van der Waals surface area contributed by atoms with Crippen LogP contribution in [0, 0.1) is 0 Å². The average molecular weight is 395 g/mol. The summed E-state index contributed by atoms with van der Waals surface area (Å²) in [5.74, 6) is 2.00. The largest absolute Gasteiger partial charge is 0.497 e. The molecule has 0 aliphatic carbocycles. The molecule has 0 unspecified atom stereocenters. The van der Waals surface area contributed by atoms with Crippen molar-refractivity contribution < 1.29 is 19.0 Å². The summed E-state index contributed by atoms with van der Waals surface area (Å²) in [6, 6.07) is 11.5. The predicted molar refractivity (Wildman–Crippen MR) is 118 cm³/mol. The number of hydrogen-bond donors (Lipinski definition) is 1. The lowest BCUT2D eigenvalue weighted by atomic mass is 10.0. The summed E-state index contributed by atoms with van der Waals surface area (Å²) in [6.45, 7) is 2.76. The van der Waals surface area contributed by atoms with Gasteiger partial charge in [0.2, 0.25) is 5.91 Å². The normalized spacial score (nSPS) is 11.0. The van der Waals surface area contributed by atoms with Gasteiger partial charge in [0.15, 0.2) is 0 Å². The van der Waals surface area contributed by atoms with Crippen molar-refractivity contribution in [1.29, 1.82) is 0 Å². The first-order chi connectivity index (χ1) is 14.1. The molecule has 2 aromatic rings. The molecule has 0 saturated carbocycles. The first-order valence-corrected chi connectivity index (χ1v) is 9.65. The van der Waals surface area contributed by atoms with Gasteiger partial charge in [-0.25, -0.2) is 0 Å². The van der Waals surface area contributed by atoms with Crippen LogP contribution in [0.15, 0.2) is 42.5 Å². The van der Waals surface area contributed by atoms with E-state index in [4.69, 9.17) is 14.2 Å². The Labute approximate surface area is 173 Å². The van der Waals surface area contributed by atoms with Crippen LogP contribution in [0.2, 0.25) is 0 Å². The van der Waals surface area contributed by atoms with E-state index in [0.29, 0.717) is 18.0 Å². The topological polar surface area (TPSA) is 56.8 Å². The fourth-order valence-corrected chi connectivity index (χ4v) is 2.73. The van der Waals surface area contributed by atoms with Crippen LogP contribution in [0.1, 0.15) is 36.5 Å². The van der Waals surface area contributed by atoms with Crippen LogP contribution in [-0.4, -0.2) is 33.8 Å². The van der Waals surface area contributed by atoms with Gasteiger partial charge >= 0.3 is 0 Å². The Morgan fingerprint density at radius 2 is 1.66 bits per heavy atom. The summed E-state index contributed by atoms with van der Waals surface area (Å²) in [6.07, 6.45) is 9.27. The molecule has 5 heteroatoms. The van der Waals surface area contributed by atoms with Crippen molar-refractivity contribution >= 4 is 24.1 Å². The second kappa shape index (κ2) is 11.6. The highest BCUT2D eigenvalue weighted by Gasteiger charge is 2.09. The van der Waals surface area contributed by atoms with Gasteiger partial charge in [-0.1, -0.05) is 37.6 Å². The molecule has 0 aromatic heterocycles. The highest BCUT2D eigenvalue weighted by molar-refractivity contribution is 5.93. The summed E-state index contributed by atoms with van der Waals surface area (Å²) < 4.78 is 16.1. The van der Waals surface area contributed by atoms with E-state index in [9.17, 15) is 4.79 Å². The number of unbranched alkanes of at least 4 members (excludes halogenated alkanes) is 1. The van der Waals surface area contributed by atoms with Gasteiger partial charge in [0.05, 0.1) is 21.3 Å². The quantitative estimate of drug-likeness (QED) is 0.356. The lowest BCUT2D eigenvalue weighted by Gasteiger charge is -2.11. The molecule has 154 valence electrons. The fourth-order valence-electron chi connectivity index (χ4n) is 2.73. The number of hydrogen-bond acceptors (Lipinski definition) is 4. The molecule has 1 N–H and O–H groups in total. The molecule has 0 aliphatic rings. The summed E-state index contributed by atoms with van der Waals surface area (Å²) >= 11 is 0. The van der Waals surface area contributed by atoms with Crippen molar-refractivity contribution in [2.75, 3.05) is 27.9 Å². The summed E-state index contributed by atoms with van der Waals surface area (Å²) in [5.41, 5.74) is 2.72. The van der Waals surface area contributed by atoms with Crippen LogP contribution in [0.3, 0.4) is 0 Å². The summed E-state index contributed by atoms with van der Waals surface area (Å²) in [5, 5.41) is 2.88. The molecular formula is C24H29NO4. The number of carbonyl (C=O) groups is 1. The Morgan fingerprint density at radius 3 is 2.28 bits per heavy atom. The summed E-state index contributed by atoms with van der Waals surface area (Å²) in [7, 11) is 4.86. The minimum absolute atomic E-state index is 0.124. The van der Waals surface area contributed by atoms with E-state index < -0.39 is 0 Å². The number of nitrogens with one attached hydrogen (secondary N) is 1. The summed E-state index contributed by atoms with van der Waals surface area (Å²) in [4.78, 5) is 12.1. The van der Waals surface area contributed by atoms with E-state index in [1.807, 2.05) is 42.5 Å². The van der Waals surface area contributed by atoms with E-state index in [0.717, 1.165) is 35.3 Å². The van der Waals surface area contributed by atoms with Gasteiger partial charge in [0, 0.05) is 24.3 Å². The van der Waals surface area contributed by atoms with Crippen molar-refractivity contribution in [3.8, 4) is 17.2 Å². The average Bonchev–Trinajstić information content (AvgIpc) is 2.76. The Bertz CT molecular complexity index is 854. The number of methoxy groups -OCH3 is 3. The minimum Gasteiger partial charge on any atom is -0.497 e. The molecule has 29 heavy (non-hydrogen) atoms. The molecule has 2 rings (SSSR count).